The van der Waals surface area contributed by atoms with Crippen LogP contribution in [0, 0.1) is 0 Å². The quantitative estimate of drug-likeness (QED) is 0.858. The van der Waals surface area contributed by atoms with Crippen molar-refractivity contribution in [2.75, 3.05) is 7.11 Å². The zero-order chi connectivity index (χ0) is 14.0. The first-order valence-electron chi connectivity index (χ1n) is 6.50. The van der Waals surface area contributed by atoms with E-state index in [2.05, 4.69) is 0 Å². The number of aliphatic carboxylic acids is 1. The normalized spacial score (nSPS) is 15.1. The van der Waals surface area contributed by atoms with Crippen molar-refractivity contribution in [2.45, 2.75) is 44.6 Å². The number of hydrogen-bond acceptors (Lipinski definition) is 3. The average molecular weight is 264 g/mol. The molecule has 0 bridgehead atoms. The Morgan fingerprint density at radius 1 is 1.42 bits per heavy atom. The van der Waals surface area contributed by atoms with Gasteiger partial charge in [-0.1, -0.05) is 26.0 Å². The molecule has 0 unspecified atom stereocenters. The lowest BCUT2D eigenvalue weighted by molar-refractivity contribution is -0.138. The molecule has 0 radical (unpaired) electrons. The van der Waals surface area contributed by atoms with E-state index < -0.39 is 11.4 Å². The standard InChI is InChI=1S/C15H20O4/c1-15(2,9-13(16)17)11-5-4-6-12(18-3)14(11)19-10-7-8-10/h4-6,10H,7-9H2,1-3H3,(H,16,17). The maximum atomic E-state index is 11.0. The monoisotopic (exact) mass is 264 g/mol. The van der Waals surface area contributed by atoms with Gasteiger partial charge in [-0.05, 0) is 18.9 Å². The van der Waals surface area contributed by atoms with Crippen molar-refractivity contribution in [3.05, 3.63) is 23.8 Å². The molecule has 0 amide bonds. The molecule has 0 spiro atoms. The fraction of sp³-hybridized carbons (Fsp3) is 0.533. The Morgan fingerprint density at radius 2 is 2.11 bits per heavy atom. The van der Waals surface area contributed by atoms with Gasteiger partial charge in [0, 0.05) is 11.0 Å². The number of carboxylic acid groups (broad SMARTS) is 1. The number of ether oxygens (including phenoxy) is 2. The summed E-state index contributed by atoms with van der Waals surface area (Å²) in [5.41, 5.74) is 0.395. The molecule has 0 aliphatic heterocycles. The highest BCUT2D eigenvalue weighted by Gasteiger charge is 2.32. The smallest absolute Gasteiger partial charge is 0.304 e. The molecule has 0 saturated heterocycles. The first-order chi connectivity index (χ1) is 8.94. The molecule has 0 aromatic heterocycles. The van der Waals surface area contributed by atoms with Crippen molar-refractivity contribution in [2.24, 2.45) is 0 Å². The molecule has 1 N–H and O–H groups in total. The van der Waals surface area contributed by atoms with E-state index in [1.807, 2.05) is 32.0 Å². The predicted molar refractivity (Wildman–Crippen MR) is 71.9 cm³/mol. The van der Waals surface area contributed by atoms with Gasteiger partial charge in [-0.15, -0.1) is 0 Å². The van der Waals surface area contributed by atoms with Crippen LogP contribution in [0.3, 0.4) is 0 Å². The summed E-state index contributed by atoms with van der Waals surface area (Å²) in [6.07, 6.45) is 2.41. The first-order valence-corrected chi connectivity index (χ1v) is 6.50. The maximum Gasteiger partial charge on any atom is 0.304 e. The van der Waals surface area contributed by atoms with Crippen LogP contribution in [-0.2, 0) is 10.2 Å². The first kappa shape index (κ1) is 13.7. The summed E-state index contributed by atoms with van der Waals surface area (Å²) in [7, 11) is 1.60. The highest BCUT2D eigenvalue weighted by molar-refractivity contribution is 5.69. The highest BCUT2D eigenvalue weighted by atomic mass is 16.5. The van der Waals surface area contributed by atoms with E-state index in [9.17, 15) is 4.79 Å². The Bertz CT molecular complexity index is 475. The van der Waals surface area contributed by atoms with E-state index in [-0.39, 0.29) is 12.5 Å². The molecule has 1 saturated carbocycles. The van der Waals surface area contributed by atoms with Gasteiger partial charge in [-0.2, -0.15) is 0 Å². The third kappa shape index (κ3) is 3.19. The fourth-order valence-electron chi connectivity index (χ4n) is 2.16. The molecule has 4 nitrogen and oxygen atoms in total. The number of carbonyl (C=O) groups is 1. The van der Waals surface area contributed by atoms with Crippen LogP contribution in [0.15, 0.2) is 18.2 Å². The van der Waals surface area contributed by atoms with Gasteiger partial charge in [-0.3, -0.25) is 4.79 Å². The molecule has 0 heterocycles. The van der Waals surface area contributed by atoms with Crippen LogP contribution in [0.25, 0.3) is 0 Å². The van der Waals surface area contributed by atoms with Crippen molar-refractivity contribution in [1.29, 1.82) is 0 Å². The van der Waals surface area contributed by atoms with Gasteiger partial charge in [0.15, 0.2) is 11.5 Å². The third-order valence-electron chi connectivity index (χ3n) is 3.33. The molecule has 0 atom stereocenters. The number of benzene rings is 1. The number of methoxy groups -OCH3 is 1. The minimum absolute atomic E-state index is 0.0567. The Morgan fingerprint density at radius 3 is 2.63 bits per heavy atom. The molecule has 19 heavy (non-hydrogen) atoms. The lowest BCUT2D eigenvalue weighted by Crippen LogP contribution is -2.23. The van der Waals surface area contributed by atoms with E-state index in [4.69, 9.17) is 14.6 Å². The van der Waals surface area contributed by atoms with Gasteiger partial charge in [0.05, 0.1) is 19.6 Å². The van der Waals surface area contributed by atoms with Crippen molar-refractivity contribution in [3.8, 4) is 11.5 Å². The number of hydrogen-bond donors (Lipinski definition) is 1. The third-order valence-corrected chi connectivity index (χ3v) is 3.33. The topological polar surface area (TPSA) is 55.8 Å². The molecule has 1 aromatic rings. The predicted octanol–water partition coefficient (Wildman–Crippen LogP) is 2.99. The lowest BCUT2D eigenvalue weighted by Gasteiger charge is -2.27. The van der Waals surface area contributed by atoms with Gasteiger partial charge in [0.25, 0.3) is 0 Å². The Labute approximate surface area is 113 Å². The van der Waals surface area contributed by atoms with E-state index in [0.29, 0.717) is 11.5 Å². The minimum Gasteiger partial charge on any atom is -0.493 e. The van der Waals surface area contributed by atoms with E-state index >= 15 is 0 Å². The summed E-state index contributed by atoms with van der Waals surface area (Å²) in [6, 6.07) is 5.64. The molecule has 1 aromatic carbocycles. The number of para-hydroxylation sites is 1. The highest BCUT2D eigenvalue weighted by Crippen LogP contribution is 2.42. The summed E-state index contributed by atoms with van der Waals surface area (Å²) in [5.74, 6) is 0.548. The lowest BCUT2D eigenvalue weighted by atomic mass is 9.81. The molecule has 2 rings (SSSR count). The van der Waals surface area contributed by atoms with E-state index in [0.717, 1.165) is 18.4 Å². The van der Waals surface area contributed by atoms with Crippen LogP contribution in [0.5, 0.6) is 11.5 Å². The Kier molecular flexibility index (Phi) is 3.69. The summed E-state index contributed by atoms with van der Waals surface area (Å²) in [5, 5.41) is 9.05. The van der Waals surface area contributed by atoms with Gasteiger partial charge < -0.3 is 14.6 Å². The van der Waals surface area contributed by atoms with Crippen LogP contribution in [-0.4, -0.2) is 24.3 Å². The summed E-state index contributed by atoms with van der Waals surface area (Å²) in [6.45, 7) is 3.82. The number of rotatable bonds is 6. The second-order valence-electron chi connectivity index (χ2n) is 5.61. The van der Waals surface area contributed by atoms with Crippen LogP contribution in [0.2, 0.25) is 0 Å². The van der Waals surface area contributed by atoms with Gasteiger partial charge in [0.1, 0.15) is 0 Å². The van der Waals surface area contributed by atoms with E-state index in [1.165, 1.54) is 0 Å². The number of carboxylic acids is 1. The molecule has 1 aliphatic rings. The average Bonchev–Trinajstić information content (AvgIpc) is 3.11. The summed E-state index contributed by atoms with van der Waals surface area (Å²) >= 11 is 0. The van der Waals surface area contributed by atoms with Crippen LogP contribution < -0.4 is 9.47 Å². The SMILES string of the molecule is COc1cccc(C(C)(C)CC(=O)O)c1OC1CC1. The van der Waals surface area contributed by atoms with Crippen LogP contribution in [0.1, 0.15) is 38.7 Å². The van der Waals surface area contributed by atoms with Crippen molar-refractivity contribution < 1.29 is 19.4 Å². The largest absolute Gasteiger partial charge is 0.493 e. The zero-order valence-corrected chi connectivity index (χ0v) is 11.6. The molecule has 1 fully saturated rings. The maximum absolute atomic E-state index is 11.0. The molecular weight excluding hydrogens is 244 g/mol. The van der Waals surface area contributed by atoms with Crippen molar-refractivity contribution in [3.63, 3.8) is 0 Å². The van der Waals surface area contributed by atoms with Gasteiger partial charge in [0.2, 0.25) is 0 Å². The fourth-order valence-corrected chi connectivity index (χ4v) is 2.16. The van der Waals surface area contributed by atoms with Gasteiger partial charge in [-0.25, -0.2) is 0 Å². The van der Waals surface area contributed by atoms with Crippen LogP contribution in [0.4, 0.5) is 0 Å². The van der Waals surface area contributed by atoms with Gasteiger partial charge >= 0.3 is 5.97 Å². The van der Waals surface area contributed by atoms with Crippen LogP contribution >= 0.6 is 0 Å². The molecule has 104 valence electrons. The molecule has 4 heteroatoms. The zero-order valence-electron chi connectivity index (χ0n) is 11.6. The van der Waals surface area contributed by atoms with Crippen molar-refractivity contribution in [1.82, 2.24) is 0 Å². The minimum atomic E-state index is -0.815. The van der Waals surface area contributed by atoms with Crippen molar-refractivity contribution >= 4 is 5.97 Å². The Balaban J connectivity index is 2.39. The second kappa shape index (κ2) is 5.11. The Hall–Kier alpha value is -1.71. The molecular formula is C15H20O4. The summed E-state index contributed by atoms with van der Waals surface area (Å²) in [4.78, 5) is 11.0. The van der Waals surface area contributed by atoms with E-state index in [1.54, 1.807) is 7.11 Å². The summed E-state index contributed by atoms with van der Waals surface area (Å²) < 4.78 is 11.3. The molecule has 1 aliphatic carbocycles. The second-order valence-corrected chi connectivity index (χ2v) is 5.61.